The number of aliphatic carboxylic acids is 1. The number of hydrogen-bond donors (Lipinski definition) is 0. The maximum absolute atomic E-state index is 12.5. The van der Waals surface area contributed by atoms with Crippen LogP contribution >= 0.6 is 35.1 Å². The van der Waals surface area contributed by atoms with Crippen molar-refractivity contribution in [3.63, 3.8) is 0 Å². The van der Waals surface area contributed by atoms with Crippen molar-refractivity contribution in [3.05, 3.63) is 76.4 Å². The number of carbonyl (C=O) groups is 2. The Labute approximate surface area is 250 Å². The summed E-state index contributed by atoms with van der Waals surface area (Å²) in [5, 5.41) is 12.5. The van der Waals surface area contributed by atoms with E-state index in [1.54, 1.807) is 12.1 Å². The van der Waals surface area contributed by atoms with Crippen LogP contribution in [-0.2, 0) is 9.59 Å². The molecule has 1 amide bonds. The fourth-order valence-electron chi connectivity index (χ4n) is 3.04. The van der Waals surface area contributed by atoms with Gasteiger partial charge in [0.2, 0.25) is 5.91 Å². The summed E-state index contributed by atoms with van der Waals surface area (Å²) in [6.45, 7) is -6.19. The number of rotatable bonds is 11. The summed E-state index contributed by atoms with van der Waals surface area (Å²) in [4.78, 5) is 28.0. The summed E-state index contributed by atoms with van der Waals surface area (Å²) >= 11 is 8.74. The fraction of sp³-hybridized carbons (Fsp3) is 0.269. The third kappa shape index (κ3) is 9.83. The second-order valence-electron chi connectivity index (χ2n) is 7.25. The third-order valence-electron chi connectivity index (χ3n) is 4.72. The van der Waals surface area contributed by atoms with Gasteiger partial charge >= 0.3 is 29.6 Å². The molecule has 9 heteroatoms. The number of nitrogens with zero attached hydrogens (tertiary/aromatic N) is 2. The monoisotopic (exact) mass is 542 g/mol. The molecule has 0 spiro atoms. The molecule has 0 aliphatic rings. The van der Waals surface area contributed by atoms with E-state index >= 15 is 0 Å². The molecule has 2 aromatic carbocycles. The van der Waals surface area contributed by atoms with Crippen LogP contribution in [0.15, 0.2) is 54.6 Å². The Balaban J connectivity index is 0.00000588. The first-order chi connectivity index (χ1) is 18.7. The molecule has 1 aromatic heterocycles. The number of benzene rings is 2. The van der Waals surface area contributed by atoms with E-state index in [2.05, 4.69) is 4.98 Å². The van der Waals surface area contributed by atoms with E-state index in [0.29, 0.717) is 5.02 Å². The number of aromatic nitrogens is 1. The van der Waals surface area contributed by atoms with Gasteiger partial charge in [-0.1, -0.05) is 48.0 Å². The second-order valence-corrected chi connectivity index (χ2v) is 10.4. The van der Waals surface area contributed by atoms with Crippen molar-refractivity contribution in [2.45, 2.75) is 17.4 Å². The molecule has 3 aromatic rings. The normalized spacial score (nSPS) is 15.1. The van der Waals surface area contributed by atoms with Crippen molar-refractivity contribution in [1.82, 2.24) is 9.88 Å². The number of carboxylic acid groups (broad SMARTS) is 1. The molecule has 3 rings (SSSR count). The molecule has 0 radical (unpaired) electrons. The molecule has 0 aliphatic heterocycles. The van der Waals surface area contributed by atoms with Crippen LogP contribution in [0.5, 0.6) is 0 Å². The third-order valence-corrected chi connectivity index (χ3v) is 7.80. The van der Waals surface area contributed by atoms with Gasteiger partial charge in [-0.15, -0.1) is 23.5 Å². The van der Waals surface area contributed by atoms with Gasteiger partial charge in [0.1, 0.15) is 0 Å². The standard InChI is InChI=1S/C26H27ClN2O3S2.Na/c1-29(2)24(30)12-14-33-26(34-15-13-25(31)32)20-5-3-4-18(16-20)6-10-22-11-8-19-7-9-21(27)17-23(19)28-22;/h3-11,16-17,26H,12-15H2,1-2H3,(H,31,32);/q;+1/p-1/i1D3,2D3;. The number of fused-ring (bicyclic) bond motifs is 1. The van der Waals surface area contributed by atoms with Crippen LogP contribution in [-0.4, -0.2) is 47.2 Å². The minimum atomic E-state index is -3.09. The van der Waals surface area contributed by atoms with Crippen LogP contribution in [0.1, 0.15) is 42.5 Å². The number of amides is 1. The summed E-state index contributed by atoms with van der Waals surface area (Å²) < 4.78 is 44.2. The number of carboxylic acids is 1. The van der Waals surface area contributed by atoms with Crippen LogP contribution in [0.4, 0.5) is 0 Å². The van der Waals surface area contributed by atoms with E-state index < -0.39 is 25.8 Å². The van der Waals surface area contributed by atoms with Gasteiger partial charge in [0.25, 0.3) is 0 Å². The summed E-state index contributed by atoms with van der Waals surface area (Å²) in [6, 6.07) is 16.9. The predicted molar refractivity (Wildman–Crippen MR) is 143 cm³/mol. The van der Waals surface area contributed by atoms with Crippen molar-refractivity contribution in [2.24, 2.45) is 0 Å². The van der Waals surface area contributed by atoms with Crippen LogP contribution in [0, 0.1) is 0 Å². The number of halogens is 1. The van der Waals surface area contributed by atoms with Crippen molar-refractivity contribution in [1.29, 1.82) is 0 Å². The topological polar surface area (TPSA) is 73.3 Å². The van der Waals surface area contributed by atoms with Gasteiger partial charge in [-0.25, -0.2) is 4.98 Å². The molecule has 0 saturated heterocycles. The Morgan fingerprint density at radius 2 is 1.83 bits per heavy atom. The van der Waals surface area contributed by atoms with E-state index in [9.17, 15) is 14.7 Å². The van der Waals surface area contributed by atoms with E-state index in [1.807, 2.05) is 54.6 Å². The van der Waals surface area contributed by atoms with Crippen LogP contribution < -0.4 is 34.7 Å². The van der Waals surface area contributed by atoms with E-state index in [4.69, 9.17) is 19.8 Å². The molecule has 1 unspecified atom stereocenters. The predicted octanol–water partition coefficient (Wildman–Crippen LogP) is 2.15. The second kappa shape index (κ2) is 14.9. The van der Waals surface area contributed by atoms with Gasteiger partial charge in [-0.3, -0.25) is 4.79 Å². The van der Waals surface area contributed by atoms with Crippen LogP contribution in [0.3, 0.4) is 0 Å². The number of carbonyl (C=O) groups excluding carboxylic acids is 2. The molecular weight excluding hydrogens is 511 g/mol. The van der Waals surface area contributed by atoms with Crippen molar-refractivity contribution in [2.75, 3.05) is 25.5 Å². The van der Waals surface area contributed by atoms with Gasteiger partial charge in [-0.2, -0.15) is 0 Å². The van der Waals surface area contributed by atoms with Crippen molar-refractivity contribution in [3.8, 4) is 0 Å². The van der Waals surface area contributed by atoms with Gasteiger partial charge in [0.05, 0.1) is 15.8 Å². The number of thioether (sulfide) groups is 2. The van der Waals surface area contributed by atoms with E-state index in [0.717, 1.165) is 27.7 Å². The molecule has 1 atom stereocenters. The summed E-state index contributed by atoms with van der Waals surface area (Å²) in [7, 11) is 0. The van der Waals surface area contributed by atoms with Gasteiger partial charge in [0.15, 0.2) is 0 Å². The van der Waals surface area contributed by atoms with Gasteiger partial charge < -0.3 is 14.8 Å². The molecule has 0 N–H and O–H groups in total. The molecule has 178 valence electrons. The first-order valence-electron chi connectivity index (χ1n) is 13.3. The quantitative estimate of drug-likeness (QED) is 0.273. The SMILES string of the molecule is [2H]C([2H])([2H])N(C(=O)CCSC(SCCC(=O)[O-])c1cccc(C=Cc2ccc3ccc(Cl)cc3n2)c1)C([2H])([2H])[2H].[Na+]. The number of pyridine rings is 1. The Hall–Kier alpha value is -1.48. The summed E-state index contributed by atoms with van der Waals surface area (Å²) in [6.07, 6.45) is 3.28. The van der Waals surface area contributed by atoms with Crippen molar-refractivity contribution < 1.29 is 52.5 Å². The maximum atomic E-state index is 12.5. The van der Waals surface area contributed by atoms with Gasteiger partial charge in [-0.05, 0) is 53.6 Å². The van der Waals surface area contributed by atoms with Crippen LogP contribution in [0.25, 0.3) is 23.1 Å². The minimum Gasteiger partial charge on any atom is -0.550 e. The Morgan fingerprint density at radius 3 is 2.57 bits per heavy atom. The Morgan fingerprint density at radius 1 is 1.09 bits per heavy atom. The van der Waals surface area contributed by atoms with E-state index in [-0.39, 0.29) is 63.4 Å². The smallest absolute Gasteiger partial charge is 0.550 e. The molecular formula is C26H26ClN2NaO3S2. The zero-order valence-electron chi connectivity index (χ0n) is 25.1. The molecule has 35 heavy (non-hydrogen) atoms. The summed E-state index contributed by atoms with van der Waals surface area (Å²) in [5.41, 5.74) is 3.23. The molecule has 5 nitrogen and oxygen atoms in total. The first-order valence-corrected chi connectivity index (χ1v) is 12.8. The average molecular weight is 543 g/mol. The molecule has 0 fully saturated rings. The Kier molecular flexibility index (Phi) is 9.21. The molecule has 0 aliphatic carbocycles. The van der Waals surface area contributed by atoms with Gasteiger partial charge in [0, 0.05) is 50.7 Å². The summed E-state index contributed by atoms with van der Waals surface area (Å²) in [5.74, 6) is -1.80. The average Bonchev–Trinajstić information content (AvgIpc) is 2.84. The van der Waals surface area contributed by atoms with Crippen LogP contribution in [0.2, 0.25) is 5.02 Å². The maximum Gasteiger partial charge on any atom is 1.00 e. The molecule has 0 bridgehead atoms. The van der Waals surface area contributed by atoms with E-state index in [1.165, 1.54) is 23.5 Å². The largest absolute Gasteiger partial charge is 1.00 e. The minimum absolute atomic E-state index is 0. The zero-order chi connectivity index (χ0) is 29.5. The first kappa shape index (κ1) is 21.6. The molecule has 0 saturated carbocycles. The zero-order valence-corrected chi connectivity index (χ0v) is 23.5. The molecule has 1 heterocycles. The van der Waals surface area contributed by atoms with Crippen molar-refractivity contribution >= 4 is 70.1 Å². The number of hydrogen-bond acceptors (Lipinski definition) is 6. The fourth-order valence-corrected chi connectivity index (χ4v) is 5.86. The Bertz CT molecular complexity index is 1380.